The van der Waals surface area contributed by atoms with Crippen LogP contribution in [0.1, 0.15) is 109 Å². The molecule has 0 saturated heterocycles. The van der Waals surface area contributed by atoms with Crippen LogP contribution in [0.5, 0.6) is 0 Å². The van der Waals surface area contributed by atoms with E-state index in [1.165, 1.54) is 17.6 Å². The first kappa shape index (κ1) is 25.7. The number of hydrogen-bond acceptors (Lipinski definition) is 0. The lowest BCUT2D eigenvalue weighted by Gasteiger charge is -2.25. The van der Waals surface area contributed by atoms with Crippen LogP contribution in [0.4, 0.5) is 0 Å². The summed E-state index contributed by atoms with van der Waals surface area (Å²) in [5.74, 6) is 0. The van der Waals surface area contributed by atoms with Gasteiger partial charge in [0, 0.05) is 0 Å². The van der Waals surface area contributed by atoms with Crippen molar-refractivity contribution in [2.75, 3.05) is 0 Å². The van der Waals surface area contributed by atoms with Gasteiger partial charge in [-0.1, -0.05) is 107 Å². The highest BCUT2D eigenvalue weighted by atomic mass is 14.2. The van der Waals surface area contributed by atoms with Crippen LogP contribution >= 0.6 is 0 Å². The van der Waals surface area contributed by atoms with Gasteiger partial charge in [0.05, 0.1) is 0 Å². The van der Waals surface area contributed by atoms with Gasteiger partial charge in [-0.2, -0.15) is 0 Å². The molecule has 0 N–H and O–H groups in total. The van der Waals surface area contributed by atoms with Gasteiger partial charge >= 0.3 is 0 Å². The zero-order valence-corrected chi connectivity index (χ0v) is 19.4. The van der Waals surface area contributed by atoms with Crippen LogP contribution in [-0.2, 0) is 0 Å². The van der Waals surface area contributed by atoms with Crippen LogP contribution in [0.2, 0.25) is 0 Å². The minimum Gasteiger partial charge on any atom is -0.0998 e. The largest absolute Gasteiger partial charge is 0.0998 e. The highest BCUT2D eigenvalue weighted by Gasteiger charge is 2.17. The van der Waals surface area contributed by atoms with E-state index >= 15 is 0 Å². The van der Waals surface area contributed by atoms with E-state index in [9.17, 15) is 0 Å². The Morgan fingerprint density at radius 2 is 0.917 bits per heavy atom. The van der Waals surface area contributed by atoms with Gasteiger partial charge in [0.1, 0.15) is 0 Å². The van der Waals surface area contributed by atoms with Crippen molar-refractivity contribution in [1.82, 2.24) is 0 Å². The second-order valence-electron chi connectivity index (χ2n) is 12.3. The molecule has 0 bridgehead atoms. The summed E-state index contributed by atoms with van der Waals surface area (Å²) < 4.78 is 0. The molecule has 0 aliphatic heterocycles. The first-order valence-corrected chi connectivity index (χ1v) is 9.55. The summed E-state index contributed by atoms with van der Waals surface area (Å²) >= 11 is 0. The molecular formula is C24H48. The van der Waals surface area contributed by atoms with Crippen LogP contribution in [0.3, 0.4) is 0 Å². The van der Waals surface area contributed by atoms with E-state index in [1.54, 1.807) is 0 Å². The molecule has 0 heteroatoms. The van der Waals surface area contributed by atoms with E-state index in [1.807, 2.05) is 0 Å². The predicted octanol–water partition coefficient (Wildman–Crippen LogP) is 8.83. The molecule has 0 aliphatic rings. The molecule has 144 valence electrons. The van der Waals surface area contributed by atoms with Crippen molar-refractivity contribution in [2.45, 2.75) is 109 Å². The summed E-state index contributed by atoms with van der Waals surface area (Å²) in [6.07, 6.45) is 5.86. The third kappa shape index (κ3) is 23.7. The number of hydrogen-bond donors (Lipinski definition) is 0. The molecule has 0 amide bonds. The standard InChI is InChI=1S/2C12H24/c2*1-10(8-11(2,3)4)9-12(5,6)7/h8H,9H2,1-7H3;1,8-9H2,2-7H3. The Labute approximate surface area is 155 Å². The van der Waals surface area contributed by atoms with Gasteiger partial charge in [-0.05, 0) is 47.8 Å². The summed E-state index contributed by atoms with van der Waals surface area (Å²) in [5.41, 5.74) is 4.43. The molecule has 0 nitrogen and oxygen atoms in total. The summed E-state index contributed by atoms with van der Waals surface area (Å²) in [7, 11) is 0. The molecule has 0 aromatic rings. The molecule has 0 aromatic carbocycles. The Hall–Kier alpha value is -0.520. The molecule has 0 rings (SSSR count). The average Bonchev–Trinajstić information content (AvgIpc) is 2.02. The first-order chi connectivity index (χ1) is 10.2. The molecule has 0 heterocycles. The van der Waals surface area contributed by atoms with Gasteiger partial charge in [-0.3, -0.25) is 0 Å². The first-order valence-electron chi connectivity index (χ1n) is 9.55. The van der Waals surface area contributed by atoms with Gasteiger partial charge in [0.2, 0.25) is 0 Å². The lowest BCUT2D eigenvalue weighted by Crippen LogP contribution is -2.11. The number of allylic oxidation sites excluding steroid dienone is 3. The van der Waals surface area contributed by atoms with Crippen molar-refractivity contribution in [3.63, 3.8) is 0 Å². The summed E-state index contributed by atoms with van der Waals surface area (Å²) in [4.78, 5) is 0. The summed E-state index contributed by atoms with van der Waals surface area (Å²) in [6, 6.07) is 0. The molecule has 0 unspecified atom stereocenters. The van der Waals surface area contributed by atoms with E-state index in [-0.39, 0.29) is 0 Å². The molecular weight excluding hydrogens is 288 g/mol. The molecule has 0 saturated carbocycles. The number of rotatable bonds is 3. The highest BCUT2D eigenvalue weighted by Crippen LogP contribution is 2.31. The Morgan fingerprint density at radius 1 is 0.625 bits per heavy atom. The smallest absolute Gasteiger partial charge is 0.0201 e. The normalized spacial score (nSPS) is 14.1. The van der Waals surface area contributed by atoms with Crippen molar-refractivity contribution >= 4 is 0 Å². The highest BCUT2D eigenvalue weighted by molar-refractivity contribution is 5.05. The fourth-order valence-corrected chi connectivity index (χ4v) is 3.19. The van der Waals surface area contributed by atoms with Crippen LogP contribution in [0.15, 0.2) is 23.8 Å². The predicted molar refractivity (Wildman–Crippen MR) is 115 cm³/mol. The second kappa shape index (κ2) is 9.25. The molecule has 24 heavy (non-hydrogen) atoms. The van der Waals surface area contributed by atoms with E-state index in [2.05, 4.69) is 103 Å². The summed E-state index contributed by atoms with van der Waals surface area (Å²) in [6.45, 7) is 33.5. The van der Waals surface area contributed by atoms with Gasteiger partial charge in [0.25, 0.3) is 0 Å². The van der Waals surface area contributed by atoms with Gasteiger partial charge in [0.15, 0.2) is 0 Å². The minimum absolute atomic E-state index is 0.329. The van der Waals surface area contributed by atoms with Crippen molar-refractivity contribution in [2.24, 2.45) is 21.7 Å². The maximum Gasteiger partial charge on any atom is -0.0201 e. The van der Waals surface area contributed by atoms with Crippen LogP contribution in [-0.4, -0.2) is 0 Å². The molecule has 0 atom stereocenters. The SMILES string of the molecule is C=C(CC(C)(C)C)CC(C)(C)C.CC(=CC(C)(C)C)CC(C)(C)C. The Morgan fingerprint density at radius 3 is 1.12 bits per heavy atom. The Kier molecular flexibility index (Phi) is 9.92. The zero-order chi connectivity index (χ0) is 20.0. The van der Waals surface area contributed by atoms with E-state index in [4.69, 9.17) is 0 Å². The van der Waals surface area contributed by atoms with Crippen LogP contribution in [0, 0.1) is 21.7 Å². The van der Waals surface area contributed by atoms with Gasteiger partial charge in [-0.15, -0.1) is 0 Å². The van der Waals surface area contributed by atoms with Gasteiger partial charge in [-0.25, -0.2) is 0 Å². The molecule has 0 radical (unpaired) electrons. The van der Waals surface area contributed by atoms with Crippen molar-refractivity contribution < 1.29 is 0 Å². The quantitative estimate of drug-likeness (QED) is 0.451. The maximum absolute atomic E-state index is 4.13. The van der Waals surface area contributed by atoms with E-state index < -0.39 is 0 Å². The minimum atomic E-state index is 0.329. The van der Waals surface area contributed by atoms with Crippen LogP contribution < -0.4 is 0 Å². The zero-order valence-electron chi connectivity index (χ0n) is 19.4. The Balaban J connectivity index is 0. The molecule has 0 fully saturated rings. The third-order valence-electron chi connectivity index (χ3n) is 3.05. The summed E-state index contributed by atoms with van der Waals surface area (Å²) in [5, 5.41) is 0. The fourth-order valence-electron chi connectivity index (χ4n) is 3.19. The van der Waals surface area contributed by atoms with E-state index in [0.29, 0.717) is 21.7 Å². The lowest BCUT2D eigenvalue weighted by molar-refractivity contribution is 0.360. The van der Waals surface area contributed by atoms with Crippen LogP contribution in [0.25, 0.3) is 0 Å². The monoisotopic (exact) mass is 336 g/mol. The molecule has 0 aromatic heterocycles. The van der Waals surface area contributed by atoms with E-state index in [0.717, 1.165) is 12.8 Å². The van der Waals surface area contributed by atoms with Crippen molar-refractivity contribution in [1.29, 1.82) is 0 Å². The topological polar surface area (TPSA) is 0 Å². The van der Waals surface area contributed by atoms with Gasteiger partial charge < -0.3 is 0 Å². The second-order valence-corrected chi connectivity index (χ2v) is 12.3. The lowest BCUT2D eigenvalue weighted by atomic mass is 9.81. The van der Waals surface area contributed by atoms with Crippen molar-refractivity contribution in [3.05, 3.63) is 23.8 Å². The molecule has 0 spiro atoms. The fraction of sp³-hybridized carbons (Fsp3) is 0.833. The average molecular weight is 337 g/mol. The Bertz CT molecular complexity index is 373. The van der Waals surface area contributed by atoms with Crippen molar-refractivity contribution in [3.8, 4) is 0 Å². The third-order valence-corrected chi connectivity index (χ3v) is 3.05. The maximum atomic E-state index is 4.13. The molecule has 0 aliphatic carbocycles.